The maximum Gasteiger partial charge on any atom is 0.183 e. The second-order valence-corrected chi connectivity index (χ2v) is 3.92. The first kappa shape index (κ1) is 12.1. The molecular weight excluding hydrogens is 250 g/mol. The van der Waals surface area contributed by atoms with E-state index in [-0.39, 0.29) is 0 Å². The van der Waals surface area contributed by atoms with Crippen molar-refractivity contribution < 1.29 is 0 Å². The predicted octanol–water partition coefficient (Wildman–Crippen LogP) is 1.08. The summed E-state index contributed by atoms with van der Waals surface area (Å²) in [4.78, 5) is 4.27. The van der Waals surface area contributed by atoms with Gasteiger partial charge < -0.3 is 0 Å². The van der Waals surface area contributed by atoms with Crippen LogP contribution in [0.3, 0.4) is 0 Å². The molecule has 0 fully saturated rings. The molecule has 0 bridgehead atoms. The SMILES string of the molecule is CSC(=Nc1ccc(-n2cnnn2)cc1)NC#N. The summed E-state index contributed by atoms with van der Waals surface area (Å²) in [6.07, 6.45) is 5.20. The number of hydrogen-bond donors (Lipinski definition) is 1. The average molecular weight is 259 g/mol. The maximum absolute atomic E-state index is 8.53. The maximum atomic E-state index is 8.53. The Balaban J connectivity index is 2.20. The molecule has 0 aliphatic heterocycles. The van der Waals surface area contributed by atoms with Crippen molar-refractivity contribution in [3.8, 4) is 11.9 Å². The second kappa shape index (κ2) is 5.79. The van der Waals surface area contributed by atoms with Crippen LogP contribution in [0.15, 0.2) is 35.6 Å². The van der Waals surface area contributed by atoms with Crippen LogP contribution in [-0.4, -0.2) is 31.6 Å². The van der Waals surface area contributed by atoms with E-state index in [4.69, 9.17) is 5.26 Å². The van der Waals surface area contributed by atoms with Crippen LogP contribution in [0.4, 0.5) is 5.69 Å². The first-order chi connectivity index (χ1) is 8.83. The minimum atomic E-state index is 0.549. The number of aliphatic imine (C=N–C) groups is 1. The highest BCUT2D eigenvalue weighted by molar-refractivity contribution is 8.13. The van der Waals surface area contributed by atoms with Crippen LogP contribution >= 0.6 is 11.8 Å². The Morgan fingerprint density at radius 1 is 1.44 bits per heavy atom. The molecule has 18 heavy (non-hydrogen) atoms. The zero-order chi connectivity index (χ0) is 12.8. The second-order valence-electron chi connectivity index (χ2n) is 3.13. The molecule has 1 heterocycles. The summed E-state index contributed by atoms with van der Waals surface area (Å²) in [6.45, 7) is 0. The third kappa shape index (κ3) is 2.83. The first-order valence-corrected chi connectivity index (χ1v) is 6.17. The molecule has 0 aliphatic rings. The van der Waals surface area contributed by atoms with Crippen LogP contribution in [0.2, 0.25) is 0 Å². The Labute approximate surface area is 108 Å². The molecule has 1 N–H and O–H groups in total. The monoisotopic (exact) mass is 259 g/mol. The van der Waals surface area contributed by atoms with Gasteiger partial charge >= 0.3 is 0 Å². The molecule has 7 nitrogen and oxygen atoms in total. The third-order valence-corrected chi connectivity index (χ3v) is 2.63. The standard InChI is InChI=1S/C10H9N7S/c1-18-10(12-6-11)14-8-2-4-9(5-3-8)17-7-13-15-16-17/h2-5,7H,1H3,(H,12,14). The fourth-order valence-electron chi connectivity index (χ4n) is 1.25. The number of nitrogens with zero attached hydrogens (tertiary/aromatic N) is 6. The van der Waals surface area contributed by atoms with Crippen LogP contribution in [0.5, 0.6) is 0 Å². The molecule has 0 aliphatic carbocycles. The largest absolute Gasteiger partial charge is 0.271 e. The molecule has 1 aromatic heterocycles. The molecule has 0 radical (unpaired) electrons. The summed E-state index contributed by atoms with van der Waals surface area (Å²) >= 11 is 1.37. The summed E-state index contributed by atoms with van der Waals surface area (Å²) in [6, 6.07) is 7.34. The lowest BCUT2D eigenvalue weighted by Crippen LogP contribution is -2.12. The van der Waals surface area contributed by atoms with Crippen molar-refractivity contribution in [3.63, 3.8) is 0 Å². The van der Waals surface area contributed by atoms with Crippen LogP contribution in [0, 0.1) is 11.5 Å². The number of rotatable bonds is 2. The van der Waals surface area contributed by atoms with Crippen molar-refractivity contribution >= 4 is 22.6 Å². The van der Waals surface area contributed by atoms with Crippen LogP contribution in [0.1, 0.15) is 0 Å². The van der Waals surface area contributed by atoms with Crippen molar-refractivity contribution in [1.29, 1.82) is 5.26 Å². The molecule has 0 unspecified atom stereocenters. The summed E-state index contributed by atoms with van der Waals surface area (Å²) in [5.41, 5.74) is 1.59. The predicted molar refractivity (Wildman–Crippen MR) is 68.5 cm³/mol. The molecule has 0 spiro atoms. The van der Waals surface area contributed by atoms with E-state index < -0.39 is 0 Å². The van der Waals surface area contributed by atoms with Gasteiger partial charge in [0.05, 0.1) is 11.4 Å². The van der Waals surface area contributed by atoms with Crippen molar-refractivity contribution in [2.45, 2.75) is 0 Å². The Bertz CT molecular complexity index is 567. The molecule has 2 aromatic rings. The molecule has 0 saturated heterocycles. The van der Waals surface area contributed by atoms with Gasteiger partial charge in [0.15, 0.2) is 11.4 Å². The number of amidine groups is 1. The van der Waals surface area contributed by atoms with E-state index in [1.807, 2.05) is 36.7 Å². The Hall–Kier alpha value is -2.40. The number of tetrazole rings is 1. The third-order valence-electron chi connectivity index (χ3n) is 2.05. The van der Waals surface area contributed by atoms with Gasteiger partial charge in [0.2, 0.25) is 0 Å². The number of benzene rings is 1. The number of nitriles is 1. The van der Waals surface area contributed by atoms with Gasteiger partial charge in [-0.05, 0) is 40.9 Å². The van der Waals surface area contributed by atoms with Crippen LogP contribution in [0.25, 0.3) is 5.69 Å². The van der Waals surface area contributed by atoms with E-state index >= 15 is 0 Å². The lowest BCUT2D eigenvalue weighted by atomic mass is 10.3. The lowest BCUT2D eigenvalue weighted by Gasteiger charge is -2.01. The van der Waals surface area contributed by atoms with E-state index in [2.05, 4.69) is 25.8 Å². The summed E-state index contributed by atoms with van der Waals surface area (Å²) in [5.74, 6) is 0. The molecule has 8 heteroatoms. The van der Waals surface area contributed by atoms with Gasteiger partial charge in [-0.25, -0.2) is 9.67 Å². The van der Waals surface area contributed by atoms with Gasteiger partial charge in [0.25, 0.3) is 0 Å². The van der Waals surface area contributed by atoms with Gasteiger partial charge in [-0.15, -0.1) is 5.10 Å². The van der Waals surface area contributed by atoms with E-state index in [9.17, 15) is 0 Å². The van der Waals surface area contributed by atoms with Crippen LogP contribution < -0.4 is 5.32 Å². The Kier molecular flexibility index (Phi) is 3.88. The normalized spacial score (nSPS) is 11.0. The molecular formula is C10H9N7S. The summed E-state index contributed by atoms with van der Waals surface area (Å²) in [7, 11) is 0. The van der Waals surface area contributed by atoms with E-state index in [0.29, 0.717) is 5.17 Å². The van der Waals surface area contributed by atoms with E-state index in [0.717, 1.165) is 11.4 Å². The van der Waals surface area contributed by atoms with Gasteiger partial charge in [0.1, 0.15) is 6.33 Å². The zero-order valence-corrected chi connectivity index (χ0v) is 10.3. The highest BCUT2D eigenvalue weighted by atomic mass is 32.2. The zero-order valence-electron chi connectivity index (χ0n) is 9.48. The van der Waals surface area contributed by atoms with Gasteiger partial charge in [-0.2, -0.15) is 5.26 Å². The summed E-state index contributed by atoms with van der Waals surface area (Å²) in [5, 5.41) is 22.5. The van der Waals surface area contributed by atoms with Crippen molar-refractivity contribution in [2.24, 2.45) is 4.99 Å². The van der Waals surface area contributed by atoms with Gasteiger partial charge in [-0.3, -0.25) is 5.32 Å². The van der Waals surface area contributed by atoms with Gasteiger partial charge in [-0.1, -0.05) is 11.8 Å². The van der Waals surface area contributed by atoms with Gasteiger partial charge in [0, 0.05) is 0 Å². The minimum Gasteiger partial charge on any atom is -0.271 e. The van der Waals surface area contributed by atoms with Crippen molar-refractivity contribution in [1.82, 2.24) is 25.5 Å². The fourth-order valence-corrected chi connectivity index (χ4v) is 1.59. The van der Waals surface area contributed by atoms with Crippen LogP contribution in [-0.2, 0) is 0 Å². The molecule has 0 saturated carbocycles. The quantitative estimate of drug-likeness (QED) is 0.375. The Morgan fingerprint density at radius 2 is 2.22 bits per heavy atom. The molecule has 2 rings (SSSR count). The summed E-state index contributed by atoms with van der Waals surface area (Å²) < 4.78 is 1.55. The minimum absolute atomic E-state index is 0.549. The van der Waals surface area contributed by atoms with E-state index in [1.165, 1.54) is 18.1 Å². The average Bonchev–Trinajstić information content (AvgIpc) is 2.93. The number of hydrogen-bond acceptors (Lipinski definition) is 6. The highest BCUT2D eigenvalue weighted by Gasteiger charge is 1.99. The lowest BCUT2D eigenvalue weighted by molar-refractivity contribution is 0.789. The molecule has 1 aromatic carbocycles. The molecule has 0 atom stereocenters. The molecule has 90 valence electrons. The number of thioether (sulfide) groups is 1. The highest BCUT2D eigenvalue weighted by Crippen LogP contribution is 2.16. The first-order valence-electron chi connectivity index (χ1n) is 4.94. The topological polar surface area (TPSA) is 91.8 Å². The van der Waals surface area contributed by atoms with Crippen molar-refractivity contribution in [3.05, 3.63) is 30.6 Å². The smallest absolute Gasteiger partial charge is 0.183 e. The van der Waals surface area contributed by atoms with E-state index in [1.54, 1.807) is 4.68 Å². The number of nitrogens with one attached hydrogen (secondary N) is 1. The van der Waals surface area contributed by atoms with Crippen molar-refractivity contribution in [2.75, 3.05) is 6.26 Å². The Morgan fingerprint density at radius 3 is 2.78 bits per heavy atom. The number of aromatic nitrogens is 4. The fraction of sp³-hybridized carbons (Fsp3) is 0.100. The molecule has 0 amide bonds.